The minimum absolute atomic E-state index is 0.0170. The molecule has 26 heavy (non-hydrogen) atoms. The van der Waals surface area contributed by atoms with Crippen molar-refractivity contribution in [2.75, 3.05) is 11.9 Å². The Bertz CT molecular complexity index is 965. The second-order valence-electron chi connectivity index (χ2n) is 5.19. The Kier molecular flexibility index (Phi) is 4.64. The number of carbonyl (C=O) groups is 1. The van der Waals surface area contributed by atoms with E-state index in [4.69, 9.17) is 10.1 Å². The van der Waals surface area contributed by atoms with E-state index in [1.54, 1.807) is 30.3 Å². The number of amides is 1. The standard InChI is InChI=1S/C15H12F3N5O2S/c1-8-11(26-13-21-12(15(16,17)18)22-23(8)13)10(19)7-25-14(24)20-9-5-3-2-4-6-9/h2-6,19H,7H2,1H3,(H,20,24). The molecular formula is C15H12F3N5O2S. The Hall–Kier alpha value is -2.95. The minimum Gasteiger partial charge on any atom is -0.443 e. The van der Waals surface area contributed by atoms with Crippen LogP contribution in [0.1, 0.15) is 16.4 Å². The first-order valence-corrected chi connectivity index (χ1v) is 8.07. The quantitative estimate of drug-likeness (QED) is 0.672. The number of benzene rings is 1. The lowest BCUT2D eigenvalue weighted by molar-refractivity contribution is -0.144. The molecular weight excluding hydrogens is 371 g/mol. The number of carbonyl (C=O) groups excluding carboxylic acids is 1. The van der Waals surface area contributed by atoms with Gasteiger partial charge in [-0.2, -0.15) is 18.2 Å². The Labute approximate surface area is 148 Å². The summed E-state index contributed by atoms with van der Waals surface area (Å²) in [5, 5.41) is 13.9. The zero-order chi connectivity index (χ0) is 18.9. The fourth-order valence-corrected chi connectivity index (χ4v) is 3.12. The number of thiazole rings is 1. The molecule has 7 nitrogen and oxygen atoms in total. The lowest BCUT2D eigenvalue weighted by Crippen LogP contribution is -2.19. The number of aryl methyl sites for hydroxylation is 1. The molecule has 0 bridgehead atoms. The number of ether oxygens (including phenoxy) is 1. The van der Waals surface area contributed by atoms with Crippen LogP contribution in [-0.2, 0) is 10.9 Å². The van der Waals surface area contributed by atoms with Gasteiger partial charge in [0.15, 0.2) is 0 Å². The monoisotopic (exact) mass is 383 g/mol. The van der Waals surface area contributed by atoms with Crippen LogP contribution in [0.15, 0.2) is 30.3 Å². The van der Waals surface area contributed by atoms with Crippen molar-refractivity contribution in [3.8, 4) is 0 Å². The molecule has 1 amide bonds. The SMILES string of the molecule is Cc1c(C(=N)COC(=O)Nc2ccccc2)sc2nc(C(F)(F)F)nn12. The number of alkyl halides is 3. The van der Waals surface area contributed by atoms with Gasteiger partial charge in [0.2, 0.25) is 4.96 Å². The van der Waals surface area contributed by atoms with Gasteiger partial charge in [-0.05, 0) is 19.1 Å². The third-order valence-corrected chi connectivity index (χ3v) is 4.51. The van der Waals surface area contributed by atoms with Gasteiger partial charge in [0.05, 0.1) is 16.3 Å². The zero-order valence-corrected chi connectivity index (χ0v) is 14.1. The third kappa shape index (κ3) is 3.67. The Balaban J connectivity index is 1.67. The van der Waals surface area contributed by atoms with Gasteiger partial charge >= 0.3 is 12.3 Å². The number of aromatic nitrogens is 3. The van der Waals surface area contributed by atoms with Crippen LogP contribution in [0.3, 0.4) is 0 Å². The fourth-order valence-electron chi connectivity index (χ4n) is 2.12. The highest BCUT2D eigenvalue weighted by atomic mass is 32.1. The van der Waals surface area contributed by atoms with Crippen molar-refractivity contribution in [2.45, 2.75) is 13.1 Å². The van der Waals surface area contributed by atoms with Gasteiger partial charge in [0.1, 0.15) is 6.61 Å². The summed E-state index contributed by atoms with van der Waals surface area (Å²) in [4.78, 5) is 15.5. The Morgan fingerprint density at radius 3 is 2.65 bits per heavy atom. The summed E-state index contributed by atoms with van der Waals surface area (Å²) in [7, 11) is 0. The summed E-state index contributed by atoms with van der Waals surface area (Å²) >= 11 is 0.878. The van der Waals surface area contributed by atoms with Crippen molar-refractivity contribution in [3.63, 3.8) is 0 Å². The predicted molar refractivity (Wildman–Crippen MR) is 88.8 cm³/mol. The number of hydrogen-bond acceptors (Lipinski definition) is 6. The second kappa shape index (κ2) is 6.75. The van der Waals surface area contributed by atoms with Gasteiger partial charge in [-0.15, -0.1) is 5.10 Å². The van der Waals surface area contributed by atoms with E-state index in [-0.39, 0.29) is 17.3 Å². The average molecular weight is 383 g/mol. The number of nitrogens with zero attached hydrogens (tertiary/aromatic N) is 3. The van der Waals surface area contributed by atoms with E-state index in [2.05, 4.69) is 15.4 Å². The molecule has 0 aliphatic carbocycles. The summed E-state index contributed by atoms with van der Waals surface area (Å²) in [6, 6.07) is 8.62. The topological polar surface area (TPSA) is 92.4 Å². The molecule has 0 atom stereocenters. The molecule has 2 aromatic heterocycles. The molecule has 0 unspecified atom stereocenters. The predicted octanol–water partition coefficient (Wildman–Crippen LogP) is 3.73. The van der Waals surface area contributed by atoms with Crippen LogP contribution in [-0.4, -0.2) is 33.0 Å². The highest BCUT2D eigenvalue weighted by Crippen LogP contribution is 2.29. The number of hydrogen-bond donors (Lipinski definition) is 2. The number of fused-ring (bicyclic) bond motifs is 1. The van der Waals surface area contributed by atoms with Crippen LogP contribution in [0.2, 0.25) is 0 Å². The van der Waals surface area contributed by atoms with Crippen molar-refractivity contribution in [1.29, 1.82) is 5.41 Å². The van der Waals surface area contributed by atoms with Crippen molar-refractivity contribution in [3.05, 3.63) is 46.7 Å². The largest absolute Gasteiger partial charge is 0.453 e. The van der Waals surface area contributed by atoms with Crippen LogP contribution in [0.25, 0.3) is 4.96 Å². The number of halogens is 3. The third-order valence-electron chi connectivity index (χ3n) is 3.31. The van der Waals surface area contributed by atoms with Gasteiger partial charge in [-0.1, -0.05) is 29.5 Å². The smallest absolute Gasteiger partial charge is 0.443 e. The van der Waals surface area contributed by atoms with Crippen LogP contribution in [0.4, 0.5) is 23.7 Å². The molecule has 0 fully saturated rings. The molecule has 0 saturated carbocycles. The first-order chi connectivity index (χ1) is 12.3. The average Bonchev–Trinajstić information content (AvgIpc) is 3.13. The van der Waals surface area contributed by atoms with Crippen LogP contribution in [0, 0.1) is 12.3 Å². The van der Waals surface area contributed by atoms with Crippen molar-refractivity contribution in [1.82, 2.24) is 14.6 Å². The van der Waals surface area contributed by atoms with Gasteiger partial charge in [0.25, 0.3) is 5.82 Å². The van der Waals surface area contributed by atoms with Crippen LogP contribution >= 0.6 is 11.3 Å². The molecule has 0 saturated heterocycles. The lowest BCUT2D eigenvalue weighted by atomic mass is 10.3. The Morgan fingerprint density at radius 1 is 1.35 bits per heavy atom. The Morgan fingerprint density at radius 2 is 2.04 bits per heavy atom. The molecule has 136 valence electrons. The van der Waals surface area contributed by atoms with E-state index < -0.39 is 18.1 Å². The summed E-state index contributed by atoms with van der Waals surface area (Å²) in [5.74, 6) is -1.23. The molecule has 2 N–H and O–H groups in total. The first kappa shape index (κ1) is 17.9. The highest BCUT2D eigenvalue weighted by molar-refractivity contribution is 7.19. The molecule has 3 rings (SSSR count). The molecule has 2 heterocycles. The normalized spacial score (nSPS) is 11.5. The minimum atomic E-state index is -4.63. The van der Waals surface area contributed by atoms with Crippen LogP contribution < -0.4 is 5.32 Å². The molecule has 3 aromatic rings. The van der Waals surface area contributed by atoms with Gasteiger partial charge in [-0.25, -0.2) is 9.31 Å². The van der Waals surface area contributed by atoms with E-state index in [0.29, 0.717) is 16.3 Å². The van der Waals surface area contributed by atoms with Crippen LogP contribution in [0.5, 0.6) is 0 Å². The molecule has 0 radical (unpaired) electrons. The number of anilines is 1. The van der Waals surface area contributed by atoms with E-state index in [9.17, 15) is 18.0 Å². The van der Waals surface area contributed by atoms with Crippen molar-refractivity contribution >= 4 is 33.8 Å². The molecule has 0 spiro atoms. The van der Waals surface area contributed by atoms with E-state index in [1.807, 2.05) is 0 Å². The lowest BCUT2D eigenvalue weighted by Gasteiger charge is -2.07. The van der Waals surface area contributed by atoms with Gasteiger partial charge in [-0.3, -0.25) is 5.32 Å². The molecule has 1 aromatic carbocycles. The number of para-hydroxylation sites is 1. The summed E-state index contributed by atoms with van der Waals surface area (Å²) in [5.41, 5.74) is 0.806. The molecule has 0 aliphatic heterocycles. The van der Waals surface area contributed by atoms with Crippen molar-refractivity contribution in [2.24, 2.45) is 0 Å². The molecule has 11 heteroatoms. The summed E-state index contributed by atoms with van der Waals surface area (Å²) < 4.78 is 43.9. The van der Waals surface area contributed by atoms with E-state index in [0.717, 1.165) is 15.9 Å². The van der Waals surface area contributed by atoms with Crippen molar-refractivity contribution < 1.29 is 22.7 Å². The molecule has 0 aliphatic rings. The van der Waals surface area contributed by atoms with Gasteiger partial charge in [0, 0.05) is 5.69 Å². The maximum Gasteiger partial charge on any atom is 0.453 e. The van der Waals surface area contributed by atoms with Gasteiger partial charge < -0.3 is 10.1 Å². The first-order valence-electron chi connectivity index (χ1n) is 7.25. The fraction of sp³-hybridized carbons (Fsp3) is 0.200. The maximum absolute atomic E-state index is 12.6. The zero-order valence-electron chi connectivity index (χ0n) is 13.3. The maximum atomic E-state index is 12.6. The number of nitrogens with one attached hydrogen (secondary N) is 2. The highest BCUT2D eigenvalue weighted by Gasteiger charge is 2.37. The number of rotatable bonds is 4. The van der Waals surface area contributed by atoms with E-state index >= 15 is 0 Å². The summed E-state index contributed by atoms with van der Waals surface area (Å²) in [6.45, 7) is 1.18. The van der Waals surface area contributed by atoms with E-state index in [1.165, 1.54) is 6.92 Å². The second-order valence-corrected chi connectivity index (χ2v) is 6.17. The summed E-state index contributed by atoms with van der Waals surface area (Å²) in [6.07, 6.45) is -5.37.